The van der Waals surface area contributed by atoms with E-state index in [0.717, 1.165) is 18.5 Å². The van der Waals surface area contributed by atoms with Crippen molar-refractivity contribution in [2.75, 3.05) is 38.5 Å². The van der Waals surface area contributed by atoms with Crippen LogP contribution in [0.25, 0.3) is 0 Å². The average Bonchev–Trinajstić information content (AvgIpc) is 2.73. The smallest absolute Gasteiger partial charge is 0.335 e. The molecule has 1 saturated heterocycles. The predicted molar refractivity (Wildman–Crippen MR) is 110 cm³/mol. The Kier molecular flexibility index (Phi) is 6.79. The van der Waals surface area contributed by atoms with E-state index in [2.05, 4.69) is 4.90 Å². The lowest BCUT2D eigenvalue weighted by Gasteiger charge is -2.33. The first-order valence-corrected chi connectivity index (χ1v) is 11.1. The van der Waals surface area contributed by atoms with E-state index >= 15 is 0 Å². The van der Waals surface area contributed by atoms with Gasteiger partial charge in [0.25, 0.3) is 0 Å². The SMILES string of the molecule is O=C(O)c1ccc(CCN2CCN(S(=O)(=O)CC(=O)c3ccccc3)CC2)cc1. The molecule has 0 amide bonds. The molecule has 29 heavy (non-hydrogen) atoms. The number of Topliss-reactive ketones (excluding diaryl/α,β-unsaturated/α-hetero) is 1. The topological polar surface area (TPSA) is 95.0 Å². The summed E-state index contributed by atoms with van der Waals surface area (Å²) in [6.45, 7) is 2.70. The maximum absolute atomic E-state index is 12.6. The van der Waals surface area contributed by atoms with Gasteiger partial charge in [0, 0.05) is 38.3 Å². The van der Waals surface area contributed by atoms with E-state index in [0.29, 0.717) is 31.7 Å². The highest BCUT2D eigenvalue weighted by Gasteiger charge is 2.29. The van der Waals surface area contributed by atoms with Gasteiger partial charge in [-0.25, -0.2) is 13.2 Å². The maximum atomic E-state index is 12.6. The molecule has 1 N–H and O–H groups in total. The average molecular weight is 416 g/mol. The molecule has 1 heterocycles. The number of piperazine rings is 1. The summed E-state index contributed by atoms with van der Waals surface area (Å²) in [5, 5.41) is 8.94. The summed E-state index contributed by atoms with van der Waals surface area (Å²) >= 11 is 0. The Morgan fingerprint density at radius 2 is 1.48 bits per heavy atom. The summed E-state index contributed by atoms with van der Waals surface area (Å²) in [5.41, 5.74) is 1.71. The number of rotatable bonds is 8. The lowest BCUT2D eigenvalue weighted by atomic mass is 10.1. The van der Waals surface area contributed by atoms with Crippen molar-refractivity contribution in [1.29, 1.82) is 0 Å². The third-order valence-electron chi connectivity index (χ3n) is 5.05. The fraction of sp³-hybridized carbons (Fsp3) is 0.333. The number of nitrogens with zero attached hydrogens (tertiary/aromatic N) is 2. The molecule has 1 aliphatic heterocycles. The number of carbonyl (C=O) groups excluding carboxylic acids is 1. The van der Waals surface area contributed by atoms with Gasteiger partial charge in [0.05, 0.1) is 5.56 Å². The van der Waals surface area contributed by atoms with Crippen molar-refractivity contribution < 1.29 is 23.1 Å². The number of hydrogen-bond acceptors (Lipinski definition) is 5. The maximum Gasteiger partial charge on any atom is 0.335 e. The summed E-state index contributed by atoms with van der Waals surface area (Å²) in [7, 11) is -3.63. The zero-order chi connectivity index (χ0) is 20.9. The molecule has 0 unspecified atom stereocenters. The largest absolute Gasteiger partial charge is 0.478 e. The van der Waals surface area contributed by atoms with Crippen LogP contribution in [0.3, 0.4) is 0 Å². The molecule has 7 nitrogen and oxygen atoms in total. The minimum atomic E-state index is -3.63. The van der Waals surface area contributed by atoms with Crippen LogP contribution in [0.5, 0.6) is 0 Å². The summed E-state index contributed by atoms with van der Waals surface area (Å²) in [4.78, 5) is 25.3. The van der Waals surface area contributed by atoms with Gasteiger partial charge < -0.3 is 10.0 Å². The summed E-state index contributed by atoms with van der Waals surface area (Å²) < 4.78 is 26.6. The molecule has 0 aliphatic carbocycles. The van der Waals surface area contributed by atoms with Crippen LogP contribution in [0.2, 0.25) is 0 Å². The van der Waals surface area contributed by atoms with Crippen LogP contribution in [-0.4, -0.2) is 73.0 Å². The second-order valence-electron chi connectivity index (χ2n) is 7.04. The molecule has 0 radical (unpaired) electrons. The van der Waals surface area contributed by atoms with E-state index in [9.17, 15) is 18.0 Å². The van der Waals surface area contributed by atoms with Crippen molar-refractivity contribution in [3.8, 4) is 0 Å². The molecule has 1 fully saturated rings. The zero-order valence-corrected chi connectivity index (χ0v) is 16.8. The molecule has 2 aromatic carbocycles. The highest BCUT2D eigenvalue weighted by Crippen LogP contribution is 2.12. The van der Waals surface area contributed by atoms with Gasteiger partial charge in [0.15, 0.2) is 5.78 Å². The zero-order valence-electron chi connectivity index (χ0n) is 16.0. The van der Waals surface area contributed by atoms with E-state index in [1.165, 1.54) is 4.31 Å². The normalized spacial score (nSPS) is 15.9. The molecule has 154 valence electrons. The van der Waals surface area contributed by atoms with Crippen molar-refractivity contribution in [3.05, 3.63) is 71.3 Å². The lowest BCUT2D eigenvalue weighted by molar-refractivity contribution is 0.0696. The van der Waals surface area contributed by atoms with E-state index in [4.69, 9.17) is 5.11 Å². The molecule has 0 spiro atoms. The first-order valence-electron chi connectivity index (χ1n) is 9.46. The molecule has 0 saturated carbocycles. The van der Waals surface area contributed by atoms with Gasteiger partial charge >= 0.3 is 5.97 Å². The van der Waals surface area contributed by atoms with Crippen LogP contribution in [-0.2, 0) is 16.4 Å². The third kappa shape index (κ3) is 5.72. The Hall–Kier alpha value is -2.55. The Balaban J connectivity index is 1.48. The number of aromatic carboxylic acids is 1. The van der Waals surface area contributed by atoms with E-state index in [-0.39, 0.29) is 5.56 Å². The van der Waals surface area contributed by atoms with E-state index in [1.54, 1.807) is 54.6 Å². The minimum Gasteiger partial charge on any atom is -0.478 e. The Labute approximate surface area is 170 Å². The van der Waals surface area contributed by atoms with Gasteiger partial charge in [-0.05, 0) is 24.1 Å². The van der Waals surface area contributed by atoms with Gasteiger partial charge in [0.2, 0.25) is 10.0 Å². The monoisotopic (exact) mass is 416 g/mol. The lowest BCUT2D eigenvalue weighted by Crippen LogP contribution is -2.50. The number of ketones is 1. The standard InChI is InChI=1S/C21H24N2O5S/c24-20(18-4-2-1-3-5-18)16-29(27,28)23-14-12-22(13-15-23)11-10-17-6-8-19(9-7-17)21(25)26/h1-9H,10-16H2,(H,25,26). The number of hydrogen-bond donors (Lipinski definition) is 1. The number of carbonyl (C=O) groups is 2. The molecule has 0 atom stereocenters. The van der Waals surface area contributed by atoms with Crippen LogP contribution in [0.15, 0.2) is 54.6 Å². The molecular weight excluding hydrogens is 392 g/mol. The minimum absolute atomic E-state index is 0.262. The fourth-order valence-corrected chi connectivity index (χ4v) is 4.70. The molecule has 0 aromatic heterocycles. The first-order chi connectivity index (χ1) is 13.8. The number of carboxylic acids is 1. The molecule has 0 bridgehead atoms. The van der Waals surface area contributed by atoms with Crippen LogP contribution in [0.1, 0.15) is 26.3 Å². The first kappa shape index (κ1) is 21.2. The van der Waals surface area contributed by atoms with Crippen molar-refractivity contribution in [3.63, 3.8) is 0 Å². The molecular formula is C21H24N2O5S. The van der Waals surface area contributed by atoms with Crippen LogP contribution >= 0.6 is 0 Å². The molecule has 1 aliphatic rings. The number of sulfonamides is 1. The van der Waals surface area contributed by atoms with Crippen molar-refractivity contribution in [1.82, 2.24) is 9.21 Å². The van der Waals surface area contributed by atoms with Crippen LogP contribution < -0.4 is 0 Å². The van der Waals surface area contributed by atoms with Crippen molar-refractivity contribution in [2.24, 2.45) is 0 Å². The third-order valence-corrected chi connectivity index (χ3v) is 6.83. The molecule has 2 aromatic rings. The van der Waals surface area contributed by atoms with E-state index in [1.807, 2.05) is 0 Å². The summed E-state index contributed by atoms with van der Waals surface area (Å²) in [6, 6.07) is 15.3. The fourth-order valence-electron chi connectivity index (χ4n) is 3.30. The molecule has 3 rings (SSSR count). The Morgan fingerprint density at radius 3 is 2.07 bits per heavy atom. The van der Waals surface area contributed by atoms with Crippen molar-refractivity contribution in [2.45, 2.75) is 6.42 Å². The van der Waals surface area contributed by atoms with Gasteiger partial charge in [-0.1, -0.05) is 42.5 Å². The van der Waals surface area contributed by atoms with Gasteiger partial charge in [-0.2, -0.15) is 4.31 Å². The second-order valence-corrected chi connectivity index (χ2v) is 9.01. The van der Waals surface area contributed by atoms with Gasteiger partial charge in [-0.15, -0.1) is 0 Å². The van der Waals surface area contributed by atoms with Gasteiger partial charge in [-0.3, -0.25) is 4.79 Å². The van der Waals surface area contributed by atoms with Crippen LogP contribution in [0.4, 0.5) is 0 Å². The summed E-state index contributed by atoms with van der Waals surface area (Å²) in [5.74, 6) is -1.84. The quantitative estimate of drug-likeness (QED) is 0.659. The number of benzene rings is 2. The highest BCUT2D eigenvalue weighted by molar-refractivity contribution is 7.89. The second kappa shape index (κ2) is 9.30. The molecule has 8 heteroatoms. The summed E-state index contributed by atoms with van der Waals surface area (Å²) in [6.07, 6.45) is 0.763. The highest BCUT2D eigenvalue weighted by atomic mass is 32.2. The Morgan fingerprint density at radius 1 is 0.862 bits per heavy atom. The van der Waals surface area contributed by atoms with Gasteiger partial charge in [0.1, 0.15) is 5.75 Å². The number of carboxylic acid groups (broad SMARTS) is 1. The van der Waals surface area contributed by atoms with Crippen molar-refractivity contribution >= 4 is 21.8 Å². The predicted octanol–water partition coefficient (Wildman–Crippen LogP) is 1.76. The Bertz CT molecular complexity index is 950. The van der Waals surface area contributed by atoms with E-state index < -0.39 is 27.5 Å². The van der Waals surface area contributed by atoms with Crippen LogP contribution in [0, 0.1) is 0 Å².